The number of benzene rings is 1. The number of amides is 2. The molecule has 1 aromatic carbocycles. The SMILES string of the molecule is COc1ccc(NC(=O)CC[C@H]2CCCN(C(=O)Cc3cnc[nH]3)C2)c(C)c1. The van der Waals surface area contributed by atoms with E-state index in [0.717, 1.165) is 55.0 Å². The molecule has 0 bridgehead atoms. The molecule has 2 aromatic rings. The third-order valence-electron chi connectivity index (χ3n) is 5.26. The average molecular weight is 384 g/mol. The summed E-state index contributed by atoms with van der Waals surface area (Å²) in [6.07, 6.45) is 6.91. The molecule has 2 heterocycles. The number of likely N-dealkylation sites (tertiary alicyclic amines) is 1. The summed E-state index contributed by atoms with van der Waals surface area (Å²) >= 11 is 0. The zero-order valence-electron chi connectivity index (χ0n) is 16.5. The first-order valence-electron chi connectivity index (χ1n) is 9.74. The molecule has 2 N–H and O–H groups in total. The summed E-state index contributed by atoms with van der Waals surface area (Å²) in [4.78, 5) is 33.7. The highest BCUT2D eigenvalue weighted by Crippen LogP contribution is 2.24. The number of H-pyrrole nitrogens is 1. The van der Waals surface area contributed by atoms with Gasteiger partial charge in [0, 0.05) is 37.1 Å². The molecule has 1 saturated heterocycles. The number of hydrogen-bond donors (Lipinski definition) is 2. The summed E-state index contributed by atoms with van der Waals surface area (Å²) in [6.45, 7) is 3.46. The highest BCUT2D eigenvalue weighted by Gasteiger charge is 2.24. The van der Waals surface area contributed by atoms with E-state index in [-0.39, 0.29) is 11.8 Å². The second kappa shape index (κ2) is 9.39. The highest BCUT2D eigenvalue weighted by atomic mass is 16.5. The molecule has 1 aliphatic heterocycles. The lowest BCUT2D eigenvalue weighted by atomic mass is 9.93. The Hall–Kier alpha value is -2.83. The predicted molar refractivity (Wildman–Crippen MR) is 107 cm³/mol. The summed E-state index contributed by atoms with van der Waals surface area (Å²) < 4.78 is 5.19. The Morgan fingerprint density at radius 2 is 2.25 bits per heavy atom. The van der Waals surface area contributed by atoms with E-state index in [1.165, 1.54) is 0 Å². The molecular weight excluding hydrogens is 356 g/mol. The fourth-order valence-corrected chi connectivity index (χ4v) is 3.63. The monoisotopic (exact) mass is 384 g/mol. The van der Waals surface area contributed by atoms with Gasteiger partial charge in [-0.05, 0) is 55.9 Å². The van der Waals surface area contributed by atoms with Gasteiger partial charge in [-0.25, -0.2) is 4.98 Å². The first kappa shape index (κ1) is 19.9. The summed E-state index contributed by atoms with van der Waals surface area (Å²) in [7, 11) is 1.63. The lowest BCUT2D eigenvalue weighted by Crippen LogP contribution is -2.41. The number of aryl methyl sites for hydroxylation is 1. The number of rotatable bonds is 7. The maximum absolute atomic E-state index is 12.5. The molecule has 7 nitrogen and oxygen atoms in total. The van der Waals surface area contributed by atoms with E-state index >= 15 is 0 Å². The molecule has 3 rings (SSSR count). The number of aromatic amines is 1. The minimum atomic E-state index is 0.00850. The first-order valence-corrected chi connectivity index (χ1v) is 9.74. The first-order chi connectivity index (χ1) is 13.5. The van der Waals surface area contributed by atoms with Crippen molar-refractivity contribution >= 4 is 17.5 Å². The van der Waals surface area contributed by atoms with Crippen LogP contribution in [0.15, 0.2) is 30.7 Å². The largest absolute Gasteiger partial charge is 0.497 e. The van der Waals surface area contributed by atoms with E-state index < -0.39 is 0 Å². The van der Waals surface area contributed by atoms with Crippen molar-refractivity contribution in [1.29, 1.82) is 0 Å². The van der Waals surface area contributed by atoms with E-state index in [1.807, 2.05) is 30.0 Å². The zero-order chi connectivity index (χ0) is 19.9. The molecule has 2 amide bonds. The van der Waals surface area contributed by atoms with Crippen LogP contribution >= 0.6 is 0 Å². The van der Waals surface area contributed by atoms with Crippen LogP contribution in [-0.2, 0) is 16.0 Å². The number of nitrogens with zero attached hydrogens (tertiary/aromatic N) is 2. The van der Waals surface area contributed by atoms with Crippen LogP contribution in [0.5, 0.6) is 5.75 Å². The number of nitrogens with one attached hydrogen (secondary N) is 2. The fourth-order valence-electron chi connectivity index (χ4n) is 3.63. The van der Waals surface area contributed by atoms with E-state index in [0.29, 0.717) is 18.8 Å². The molecule has 1 fully saturated rings. The minimum Gasteiger partial charge on any atom is -0.497 e. The molecule has 7 heteroatoms. The Balaban J connectivity index is 1.46. The molecular formula is C21H28N4O3. The van der Waals surface area contributed by atoms with Crippen molar-refractivity contribution in [3.63, 3.8) is 0 Å². The molecule has 0 unspecified atom stereocenters. The maximum atomic E-state index is 12.5. The van der Waals surface area contributed by atoms with Gasteiger partial charge in [0.25, 0.3) is 0 Å². The number of carbonyl (C=O) groups is 2. The standard InChI is InChI=1S/C21H28N4O3/c1-15-10-18(28-2)6-7-19(15)24-20(26)8-5-16-4-3-9-25(13-16)21(27)11-17-12-22-14-23-17/h6-7,10,12,14,16H,3-5,8-9,11,13H2,1-2H3,(H,22,23)(H,24,26)/t16-/m1/s1. The predicted octanol–water partition coefficient (Wildman–Crippen LogP) is 2.93. The zero-order valence-corrected chi connectivity index (χ0v) is 16.5. The summed E-state index contributed by atoms with van der Waals surface area (Å²) in [5.74, 6) is 1.27. The van der Waals surface area contributed by atoms with Crippen LogP contribution in [-0.4, -0.2) is 46.9 Å². The molecule has 1 aliphatic rings. The van der Waals surface area contributed by atoms with Crippen molar-refractivity contribution in [1.82, 2.24) is 14.9 Å². The number of ether oxygens (including phenoxy) is 1. The summed E-state index contributed by atoms with van der Waals surface area (Å²) in [6, 6.07) is 5.61. The van der Waals surface area contributed by atoms with E-state index in [4.69, 9.17) is 4.74 Å². The molecule has 1 atom stereocenters. The van der Waals surface area contributed by atoms with Gasteiger partial charge < -0.3 is 19.9 Å². The average Bonchev–Trinajstić information content (AvgIpc) is 3.21. The van der Waals surface area contributed by atoms with Gasteiger partial charge in [0.1, 0.15) is 5.75 Å². The van der Waals surface area contributed by atoms with Crippen LogP contribution in [0.3, 0.4) is 0 Å². The van der Waals surface area contributed by atoms with Crippen molar-refractivity contribution in [2.45, 2.75) is 39.0 Å². The van der Waals surface area contributed by atoms with E-state index in [2.05, 4.69) is 15.3 Å². The Labute approximate surface area is 165 Å². The molecule has 0 spiro atoms. The van der Waals surface area contributed by atoms with Gasteiger partial charge in [0.05, 0.1) is 19.9 Å². The lowest BCUT2D eigenvalue weighted by Gasteiger charge is -2.32. The van der Waals surface area contributed by atoms with Crippen LogP contribution in [0.25, 0.3) is 0 Å². The highest BCUT2D eigenvalue weighted by molar-refractivity contribution is 5.91. The molecule has 0 saturated carbocycles. The van der Waals surface area contributed by atoms with Gasteiger partial charge in [-0.15, -0.1) is 0 Å². The third kappa shape index (κ3) is 5.34. The topological polar surface area (TPSA) is 87.3 Å². The smallest absolute Gasteiger partial charge is 0.228 e. The normalized spacial score (nSPS) is 16.6. The van der Waals surface area contributed by atoms with Crippen molar-refractivity contribution in [2.24, 2.45) is 5.92 Å². The number of imidazole rings is 1. The van der Waals surface area contributed by atoms with E-state index in [1.54, 1.807) is 19.6 Å². The number of anilines is 1. The second-order valence-corrected chi connectivity index (χ2v) is 7.37. The van der Waals surface area contributed by atoms with Gasteiger partial charge in [0.2, 0.25) is 11.8 Å². The Morgan fingerprint density at radius 3 is 2.96 bits per heavy atom. The van der Waals surface area contributed by atoms with Crippen molar-refractivity contribution < 1.29 is 14.3 Å². The molecule has 28 heavy (non-hydrogen) atoms. The van der Waals surface area contributed by atoms with Crippen LogP contribution in [0.2, 0.25) is 0 Å². The quantitative estimate of drug-likeness (QED) is 0.768. The maximum Gasteiger partial charge on any atom is 0.228 e. The number of aromatic nitrogens is 2. The van der Waals surface area contributed by atoms with Crippen LogP contribution in [0, 0.1) is 12.8 Å². The lowest BCUT2D eigenvalue weighted by molar-refractivity contribution is -0.132. The van der Waals surface area contributed by atoms with Crippen LogP contribution in [0.1, 0.15) is 36.9 Å². The summed E-state index contributed by atoms with van der Waals surface area (Å²) in [5.41, 5.74) is 2.62. The van der Waals surface area contributed by atoms with Crippen molar-refractivity contribution in [3.8, 4) is 5.75 Å². The molecule has 0 aliphatic carbocycles. The summed E-state index contributed by atoms with van der Waals surface area (Å²) in [5, 5.41) is 2.98. The van der Waals surface area contributed by atoms with Gasteiger partial charge in [-0.2, -0.15) is 0 Å². The van der Waals surface area contributed by atoms with Gasteiger partial charge in [0.15, 0.2) is 0 Å². The number of piperidine rings is 1. The number of methoxy groups -OCH3 is 1. The minimum absolute atomic E-state index is 0.00850. The van der Waals surface area contributed by atoms with Crippen LogP contribution < -0.4 is 10.1 Å². The van der Waals surface area contributed by atoms with Gasteiger partial charge >= 0.3 is 0 Å². The Morgan fingerprint density at radius 1 is 1.39 bits per heavy atom. The Bertz CT molecular complexity index is 804. The Kier molecular flexibility index (Phi) is 6.68. The fraction of sp³-hybridized carbons (Fsp3) is 0.476. The second-order valence-electron chi connectivity index (χ2n) is 7.37. The number of hydrogen-bond acceptors (Lipinski definition) is 4. The molecule has 150 valence electrons. The van der Waals surface area contributed by atoms with Crippen molar-refractivity contribution in [3.05, 3.63) is 42.0 Å². The molecule has 0 radical (unpaired) electrons. The van der Waals surface area contributed by atoms with Crippen LogP contribution in [0.4, 0.5) is 5.69 Å². The van der Waals surface area contributed by atoms with Gasteiger partial charge in [-0.3, -0.25) is 9.59 Å². The van der Waals surface area contributed by atoms with Crippen molar-refractivity contribution in [2.75, 3.05) is 25.5 Å². The molecule has 1 aromatic heterocycles. The number of carbonyl (C=O) groups excluding carboxylic acids is 2. The third-order valence-corrected chi connectivity index (χ3v) is 5.26. The van der Waals surface area contributed by atoms with E-state index in [9.17, 15) is 9.59 Å². The van der Waals surface area contributed by atoms with Gasteiger partial charge in [-0.1, -0.05) is 0 Å².